The summed E-state index contributed by atoms with van der Waals surface area (Å²) in [6, 6.07) is 11.7. The van der Waals surface area contributed by atoms with Crippen LogP contribution in [0.1, 0.15) is 43.9 Å². The van der Waals surface area contributed by atoms with E-state index in [1.54, 1.807) is 25.3 Å². The van der Waals surface area contributed by atoms with Crippen molar-refractivity contribution in [3.05, 3.63) is 63.6 Å². The summed E-state index contributed by atoms with van der Waals surface area (Å²) >= 11 is 3.40. The topological polar surface area (TPSA) is 76.1 Å². The molecule has 6 nitrogen and oxygen atoms in total. The van der Waals surface area contributed by atoms with Gasteiger partial charge in [0.05, 0.1) is 29.8 Å². The first-order chi connectivity index (χ1) is 14.9. The molecule has 2 aromatic carbocycles. The van der Waals surface area contributed by atoms with E-state index in [4.69, 9.17) is 9.47 Å². The Labute approximate surface area is 190 Å². The standard InChI is InChI=1S/C24H26BrNO5/c1-4-12-26-21(15-6-9-17(10-7-15)31-13-5-2)20(23(28)24(26)29)22(27)16-8-11-19(30-3)18(25)14-16/h6-11,14,21,27H,4-5,12-13H2,1-3H3/b22-20-. The lowest BCUT2D eigenvalue weighted by Crippen LogP contribution is -2.30. The third-order valence-corrected chi connectivity index (χ3v) is 5.72. The van der Waals surface area contributed by atoms with Crippen LogP contribution in [-0.2, 0) is 9.59 Å². The number of ketones is 1. The van der Waals surface area contributed by atoms with Gasteiger partial charge in [-0.3, -0.25) is 9.59 Å². The zero-order chi connectivity index (χ0) is 22.5. The van der Waals surface area contributed by atoms with Crippen molar-refractivity contribution >= 4 is 33.4 Å². The van der Waals surface area contributed by atoms with Crippen molar-refractivity contribution in [2.45, 2.75) is 32.7 Å². The van der Waals surface area contributed by atoms with Gasteiger partial charge in [0.1, 0.15) is 17.3 Å². The number of aliphatic hydroxyl groups is 1. The number of nitrogens with zero attached hydrogens (tertiary/aromatic N) is 1. The number of rotatable bonds is 8. The normalized spacial score (nSPS) is 17.8. The van der Waals surface area contributed by atoms with Crippen molar-refractivity contribution in [1.29, 1.82) is 0 Å². The van der Waals surface area contributed by atoms with Crippen molar-refractivity contribution in [3.63, 3.8) is 0 Å². The maximum absolute atomic E-state index is 12.9. The van der Waals surface area contributed by atoms with Gasteiger partial charge in [0.15, 0.2) is 0 Å². The third kappa shape index (κ3) is 4.61. The highest BCUT2D eigenvalue weighted by Gasteiger charge is 2.45. The van der Waals surface area contributed by atoms with Crippen LogP contribution < -0.4 is 9.47 Å². The molecule has 1 heterocycles. The molecule has 1 fully saturated rings. The van der Waals surface area contributed by atoms with E-state index in [9.17, 15) is 14.7 Å². The second kappa shape index (κ2) is 10.0. The second-order valence-corrected chi connectivity index (χ2v) is 8.11. The Kier molecular flexibility index (Phi) is 7.38. The van der Waals surface area contributed by atoms with Gasteiger partial charge < -0.3 is 19.5 Å². The van der Waals surface area contributed by atoms with Crippen molar-refractivity contribution in [2.24, 2.45) is 0 Å². The molecule has 3 rings (SSSR count). The number of amides is 1. The molecule has 0 bridgehead atoms. The fourth-order valence-corrected chi connectivity index (χ4v) is 4.17. The SMILES string of the molecule is CCCOc1ccc(C2/C(=C(/O)c3ccc(OC)c(Br)c3)C(=O)C(=O)N2CCC)cc1. The predicted molar refractivity (Wildman–Crippen MR) is 122 cm³/mol. The summed E-state index contributed by atoms with van der Waals surface area (Å²) in [5, 5.41) is 11.1. The van der Waals surface area contributed by atoms with Crippen molar-refractivity contribution < 1.29 is 24.2 Å². The molecule has 0 spiro atoms. The van der Waals surface area contributed by atoms with Gasteiger partial charge in [-0.05, 0) is 64.7 Å². The Morgan fingerprint density at radius 1 is 1.10 bits per heavy atom. The number of hydrogen-bond donors (Lipinski definition) is 1. The first-order valence-electron chi connectivity index (χ1n) is 10.3. The van der Waals surface area contributed by atoms with Gasteiger partial charge in [-0.25, -0.2) is 0 Å². The lowest BCUT2D eigenvalue weighted by Gasteiger charge is -2.25. The first kappa shape index (κ1) is 22.9. The molecule has 0 aliphatic carbocycles. The molecule has 1 atom stereocenters. The van der Waals surface area contributed by atoms with Crippen LogP contribution in [0.5, 0.6) is 11.5 Å². The van der Waals surface area contributed by atoms with Gasteiger partial charge in [-0.15, -0.1) is 0 Å². The van der Waals surface area contributed by atoms with E-state index >= 15 is 0 Å². The van der Waals surface area contributed by atoms with Crippen molar-refractivity contribution in [2.75, 3.05) is 20.3 Å². The van der Waals surface area contributed by atoms with E-state index in [0.29, 0.717) is 35.4 Å². The number of carbonyl (C=O) groups excluding carboxylic acids is 2. The van der Waals surface area contributed by atoms with Gasteiger partial charge in [-0.1, -0.05) is 26.0 Å². The quantitative estimate of drug-likeness (QED) is 0.319. The molecule has 1 N–H and O–H groups in total. The van der Waals surface area contributed by atoms with Gasteiger partial charge in [-0.2, -0.15) is 0 Å². The number of ether oxygens (including phenoxy) is 2. The third-order valence-electron chi connectivity index (χ3n) is 5.10. The minimum Gasteiger partial charge on any atom is -0.507 e. The van der Waals surface area contributed by atoms with E-state index in [2.05, 4.69) is 15.9 Å². The van der Waals surface area contributed by atoms with E-state index < -0.39 is 17.7 Å². The highest BCUT2D eigenvalue weighted by atomic mass is 79.9. The average molecular weight is 488 g/mol. The summed E-state index contributed by atoms with van der Waals surface area (Å²) in [4.78, 5) is 27.2. The monoisotopic (exact) mass is 487 g/mol. The number of hydrogen-bond acceptors (Lipinski definition) is 5. The summed E-state index contributed by atoms with van der Waals surface area (Å²) in [5.74, 6) is -0.183. The van der Waals surface area contributed by atoms with Crippen LogP contribution in [0.3, 0.4) is 0 Å². The van der Waals surface area contributed by atoms with Crippen LogP contribution in [0.4, 0.5) is 0 Å². The highest BCUT2D eigenvalue weighted by molar-refractivity contribution is 9.10. The number of halogens is 1. The maximum atomic E-state index is 12.9. The lowest BCUT2D eigenvalue weighted by atomic mass is 9.95. The van der Waals surface area contributed by atoms with Crippen LogP contribution in [-0.4, -0.2) is 42.0 Å². The van der Waals surface area contributed by atoms with E-state index in [1.165, 1.54) is 4.90 Å². The molecule has 2 aromatic rings. The lowest BCUT2D eigenvalue weighted by molar-refractivity contribution is -0.139. The Morgan fingerprint density at radius 2 is 1.81 bits per heavy atom. The predicted octanol–water partition coefficient (Wildman–Crippen LogP) is 5.08. The van der Waals surface area contributed by atoms with Crippen molar-refractivity contribution in [3.8, 4) is 11.5 Å². The molecule has 0 saturated carbocycles. The number of Topliss-reactive ketones (excluding diaryl/α,β-unsaturated/α-hetero) is 1. The molecule has 1 aliphatic rings. The van der Waals surface area contributed by atoms with E-state index in [0.717, 1.165) is 17.7 Å². The molecule has 1 saturated heterocycles. The minimum absolute atomic E-state index is 0.0812. The van der Waals surface area contributed by atoms with Gasteiger partial charge in [0.2, 0.25) is 0 Å². The summed E-state index contributed by atoms with van der Waals surface area (Å²) < 4.78 is 11.5. The minimum atomic E-state index is -0.686. The molecule has 1 unspecified atom stereocenters. The molecular formula is C24H26BrNO5. The smallest absolute Gasteiger partial charge is 0.295 e. The van der Waals surface area contributed by atoms with Crippen LogP contribution in [0.2, 0.25) is 0 Å². The molecule has 164 valence electrons. The molecule has 0 aromatic heterocycles. The maximum Gasteiger partial charge on any atom is 0.295 e. The highest BCUT2D eigenvalue weighted by Crippen LogP contribution is 2.40. The van der Waals surface area contributed by atoms with Crippen LogP contribution in [0.15, 0.2) is 52.5 Å². The fourth-order valence-electron chi connectivity index (χ4n) is 3.63. The van der Waals surface area contributed by atoms with Gasteiger partial charge in [0, 0.05) is 12.1 Å². The summed E-state index contributed by atoms with van der Waals surface area (Å²) in [7, 11) is 1.55. The first-order valence-corrected chi connectivity index (χ1v) is 11.1. The van der Waals surface area contributed by atoms with Crippen LogP contribution >= 0.6 is 15.9 Å². The number of carbonyl (C=O) groups is 2. The second-order valence-electron chi connectivity index (χ2n) is 7.26. The fraction of sp³-hybridized carbons (Fsp3) is 0.333. The number of benzene rings is 2. The van der Waals surface area contributed by atoms with Crippen molar-refractivity contribution in [1.82, 2.24) is 4.90 Å². The number of methoxy groups -OCH3 is 1. The number of aliphatic hydroxyl groups excluding tert-OH is 1. The molecular weight excluding hydrogens is 462 g/mol. The number of likely N-dealkylation sites (tertiary alicyclic amines) is 1. The molecule has 31 heavy (non-hydrogen) atoms. The average Bonchev–Trinajstić information content (AvgIpc) is 3.02. The van der Waals surface area contributed by atoms with E-state index in [-0.39, 0.29) is 11.3 Å². The van der Waals surface area contributed by atoms with Gasteiger partial charge >= 0.3 is 0 Å². The largest absolute Gasteiger partial charge is 0.507 e. The zero-order valence-corrected chi connectivity index (χ0v) is 19.4. The Morgan fingerprint density at radius 3 is 2.39 bits per heavy atom. The summed E-state index contributed by atoms with van der Waals surface area (Å²) in [6.45, 7) is 5.00. The van der Waals surface area contributed by atoms with Crippen LogP contribution in [0, 0.1) is 0 Å². The molecule has 7 heteroatoms. The summed E-state index contributed by atoms with van der Waals surface area (Å²) in [5.41, 5.74) is 1.25. The Bertz CT molecular complexity index is 1000. The summed E-state index contributed by atoms with van der Waals surface area (Å²) in [6.07, 6.45) is 1.59. The van der Waals surface area contributed by atoms with Crippen LogP contribution in [0.25, 0.3) is 5.76 Å². The zero-order valence-electron chi connectivity index (χ0n) is 17.9. The molecule has 0 radical (unpaired) electrons. The van der Waals surface area contributed by atoms with E-state index in [1.807, 2.05) is 38.1 Å². The Hall–Kier alpha value is -2.80. The molecule has 1 aliphatic heterocycles. The molecule has 1 amide bonds. The Balaban J connectivity index is 2.09. The van der Waals surface area contributed by atoms with Gasteiger partial charge in [0.25, 0.3) is 11.7 Å².